The monoisotopic (exact) mass is 469 g/mol. The summed E-state index contributed by atoms with van der Waals surface area (Å²) in [4.78, 5) is 12.0. The highest BCUT2D eigenvalue weighted by molar-refractivity contribution is 7.16. The first-order valence-electron chi connectivity index (χ1n) is 12.1. The number of phenolic OH excluding ortho intramolecular Hbond substituents is 2. The van der Waals surface area contributed by atoms with Crippen molar-refractivity contribution in [3.05, 3.63) is 56.7 Å². The molecule has 4 rings (SSSR count). The molecule has 0 spiro atoms. The van der Waals surface area contributed by atoms with E-state index in [9.17, 15) is 15.0 Å². The Balaban J connectivity index is 1.41. The summed E-state index contributed by atoms with van der Waals surface area (Å²) in [6, 6.07) is 10.2. The third-order valence-corrected chi connectivity index (χ3v) is 7.82. The van der Waals surface area contributed by atoms with Gasteiger partial charge in [-0.25, -0.2) is 5.01 Å². The summed E-state index contributed by atoms with van der Waals surface area (Å²) in [6.07, 6.45) is 8.37. The van der Waals surface area contributed by atoms with Crippen molar-refractivity contribution in [2.75, 3.05) is 13.1 Å². The van der Waals surface area contributed by atoms with Crippen molar-refractivity contribution in [1.82, 2.24) is 15.0 Å². The first-order chi connectivity index (χ1) is 16.0. The highest BCUT2D eigenvalue weighted by Gasteiger charge is 2.26. The van der Waals surface area contributed by atoms with Crippen LogP contribution in [0.25, 0.3) is 10.2 Å². The third kappa shape index (κ3) is 5.42. The Labute approximate surface area is 199 Å². The molecule has 0 aliphatic heterocycles. The number of hydrogen-bond acceptors (Lipinski definition) is 6. The lowest BCUT2D eigenvalue weighted by Gasteiger charge is -2.36. The van der Waals surface area contributed by atoms with Crippen LogP contribution >= 0.6 is 11.3 Å². The summed E-state index contributed by atoms with van der Waals surface area (Å²) in [5.74, 6) is 0.0224. The number of aromatic nitrogens is 1. The van der Waals surface area contributed by atoms with Gasteiger partial charge in [0, 0.05) is 31.7 Å². The third-order valence-electron chi connectivity index (χ3n) is 6.82. The van der Waals surface area contributed by atoms with E-state index in [1.165, 1.54) is 36.2 Å². The number of unbranched alkanes of at least 4 members (excludes halogenated alkanes) is 3. The summed E-state index contributed by atoms with van der Waals surface area (Å²) in [7, 11) is 1.82. The molecule has 178 valence electrons. The molecule has 3 N–H and O–H groups in total. The van der Waals surface area contributed by atoms with Gasteiger partial charge in [0.05, 0.1) is 10.2 Å². The van der Waals surface area contributed by atoms with Gasteiger partial charge in [0.25, 0.3) is 0 Å². The van der Waals surface area contributed by atoms with E-state index in [0.717, 1.165) is 66.5 Å². The molecular weight excluding hydrogens is 434 g/mol. The second-order valence-corrected chi connectivity index (χ2v) is 10.1. The van der Waals surface area contributed by atoms with Gasteiger partial charge in [0.2, 0.25) is 0 Å². The van der Waals surface area contributed by atoms with E-state index in [1.54, 1.807) is 10.6 Å². The van der Waals surface area contributed by atoms with E-state index in [4.69, 9.17) is 0 Å². The summed E-state index contributed by atoms with van der Waals surface area (Å²) >= 11 is 1.31. The van der Waals surface area contributed by atoms with Gasteiger partial charge in [0.1, 0.15) is 0 Å². The summed E-state index contributed by atoms with van der Waals surface area (Å²) in [5, 5.41) is 22.5. The first-order valence-corrected chi connectivity index (χ1v) is 12.9. The van der Waals surface area contributed by atoms with E-state index in [1.807, 2.05) is 19.2 Å². The maximum atomic E-state index is 11.9. The molecule has 3 aromatic rings. The minimum absolute atomic E-state index is 0.0258. The van der Waals surface area contributed by atoms with Crippen molar-refractivity contribution in [2.24, 2.45) is 7.05 Å². The lowest BCUT2D eigenvalue weighted by molar-refractivity contribution is 0.109. The maximum absolute atomic E-state index is 11.9. The van der Waals surface area contributed by atoms with Gasteiger partial charge < -0.3 is 14.8 Å². The van der Waals surface area contributed by atoms with Gasteiger partial charge in [-0.15, -0.1) is 0 Å². The van der Waals surface area contributed by atoms with Gasteiger partial charge in [0.15, 0.2) is 11.5 Å². The van der Waals surface area contributed by atoms with Crippen LogP contribution in [0, 0.1) is 0 Å². The van der Waals surface area contributed by atoms with E-state index < -0.39 is 0 Å². The fourth-order valence-corrected chi connectivity index (χ4v) is 5.79. The molecule has 6 nitrogen and oxygen atoms in total. The fraction of sp³-hybridized carbons (Fsp3) is 0.500. The van der Waals surface area contributed by atoms with Crippen molar-refractivity contribution < 1.29 is 10.2 Å². The number of phenols is 2. The molecule has 0 saturated heterocycles. The number of hydrogen-bond donors (Lipinski definition) is 3. The number of nitrogens with one attached hydrogen (secondary N) is 1. The number of aromatic hydroxyl groups is 2. The second kappa shape index (κ2) is 10.7. The number of benzene rings is 2. The highest BCUT2D eigenvalue weighted by Crippen LogP contribution is 2.36. The van der Waals surface area contributed by atoms with Crippen molar-refractivity contribution >= 4 is 21.6 Å². The van der Waals surface area contributed by atoms with E-state index in [2.05, 4.69) is 29.5 Å². The molecule has 2 aromatic carbocycles. The zero-order valence-corrected chi connectivity index (χ0v) is 20.5. The van der Waals surface area contributed by atoms with E-state index >= 15 is 0 Å². The largest absolute Gasteiger partial charge is 0.504 e. The predicted molar refractivity (Wildman–Crippen MR) is 135 cm³/mol. The molecule has 1 unspecified atom stereocenters. The Morgan fingerprint density at radius 2 is 2.03 bits per heavy atom. The first kappa shape index (κ1) is 23.8. The molecule has 0 amide bonds. The number of aryl methyl sites for hydroxylation is 1. The van der Waals surface area contributed by atoms with E-state index in [-0.39, 0.29) is 16.4 Å². The van der Waals surface area contributed by atoms with E-state index in [0.29, 0.717) is 6.04 Å². The lowest BCUT2D eigenvalue weighted by Crippen LogP contribution is -2.49. The molecule has 7 heteroatoms. The zero-order valence-electron chi connectivity index (χ0n) is 19.6. The predicted octanol–water partition coefficient (Wildman–Crippen LogP) is 4.50. The molecule has 1 aromatic heterocycles. The van der Waals surface area contributed by atoms with Crippen molar-refractivity contribution in [3.8, 4) is 11.5 Å². The fourth-order valence-electron chi connectivity index (χ4n) is 4.85. The molecule has 1 heterocycles. The Hall–Kier alpha value is -2.35. The molecule has 1 atom stereocenters. The highest BCUT2D eigenvalue weighted by atomic mass is 32.1. The quantitative estimate of drug-likeness (QED) is 0.232. The van der Waals surface area contributed by atoms with Crippen LogP contribution in [-0.2, 0) is 26.3 Å². The molecule has 0 radical (unpaired) electrons. The van der Waals surface area contributed by atoms with Crippen molar-refractivity contribution in [3.63, 3.8) is 0 Å². The molecule has 33 heavy (non-hydrogen) atoms. The normalized spacial score (nSPS) is 15.9. The van der Waals surface area contributed by atoms with Gasteiger partial charge >= 0.3 is 4.87 Å². The van der Waals surface area contributed by atoms with Crippen LogP contribution in [0.4, 0.5) is 0 Å². The zero-order chi connectivity index (χ0) is 23.4. The summed E-state index contributed by atoms with van der Waals surface area (Å²) in [5.41, 5.74) is 7.95. The standard InChI is InChI=1S/C26H35N3O3S/c1-3-4-5-6-15-29(20-9-10-21-19(17-20)8-12-23(30)25(21)31)27-14-13-18-7-11-22-24(16-18)33-26(32)28(22)2/h7-8,11-12,16,20,27,30-31H,3-6,9-10,13-15,17H2,1-2H3. The smallest absolute Gasteiger partial charge is 0.307 e. The molecule has 0 saturated carbocycles. The minimum Gasteiger partial charge on any atom is -0.504 e. The van der Waals surface area contributed by atoms with Crippen LogP contribution in [0.1, 0.15) is 55.7 Å². The Kier molecular flexibility index (Phi) is 7.73. The van der Waals surface area contributed by atoms with Gasteiger partial charge in [-0.2, -0.15) is 0 Å². The van der Waals surface area contributed by atoms with Crippen molar-refractivity contribution in [1.29, 1.82) is 0 Å². The molecule has 1 aliphatic carbocycles. The number of thiazole rings is 1. The van der Waals surface area contributed by atoms with Gasteiger partial charge in [-0.3, -0.25) is 10.2 Å². The summed E-state index contributed by atoms with van der Waals surface area (Å²) < 4.78 is 2.75. The number of rotatable bonds is 10. The Morgan fingerprint density at radius 3 is 2.85 bits per heavy atom. The average Bonchev–Trinajstić information content (AvgIpc) is 3.10. The Bertz CT molecular complexity index is 1150. The molecular formula is C26H35N3O3S. The SMILES string of the molecule is CCCCCCN(NCCc1ccc2c(c1)sc(=O)n2C)C1CCc2c(ccc(O)c2O)C1. The summed E-state index contributed by atoms with van der Waals surface area (Å²) in [6.45, 7) is 4.07. The number of nitrogens with zero attached hydrogens (tertiary/aromatic N) is 2. The van der Waals surface area contributed by atoms with Gasteiger partial charge in [-0.1, -0.05) is 49.7 Å². The maximum Gasteiger partial charge on any atom is 0.307 e. The van der Waals surface area contributed by atoms with Crippen LogP contribution in [0.2, 0.25) is 0 Å². The number of fused-ring (bicyclic) bond motifs is 2. The van der Waals surface area contributed by atoms with Crippen LogP contribution in [0.15, 0.2) is 35.1 Å². The molecule has 0 bridgehead atoms. The minimum atomic E-state index is -0.0258. The average molecular weight is 470 g/mol. The number of hydrazine groups is 1. The molecule has 1 aliphatic rings. The van der Waals surface area contributed by atoms with Crippen LogP contribution in [-0.4, -0.2) is 38.9 Å². The second-order valence-electron chi connectivity index (χ2n) is 9.11. The molecule has 0 fully saturated rings. The lowest BCUT2D eigenvalue weighted by atomic mass is 9.87. The van der Waals surface area contributed by atoms with Gasteiger partial charge in [-0.05, 0) is 61.4 Å². The van der Waals surface area contributed by atoms with Crippen LogP contribution in [0.5, 0.6) is 11.5 Å². The topological polar surface area (TPSA) is 77.7 Å². The van der Waals surface area contributed by atoms with Crippen LogP contribution < -0.4 is 10.3 Å². The Morgan fingerprint density at radius 1 is 1.18 bits per heavy atom. The van der Waals surface area contributed by atoms with Crippen LogP contribution in [0.3, 0.4) is 0 Å². The van der Waals surface area contributed by atoms with Crippen molar-refractivity contribution in [2.45, 2.75) is 64.3 Å².